The van der Waals surface area contributed by atoms with Gasteiger partial charge in [0.15, 0.2) is 0 Å². The number of aliphatic carboxylic acids is 1. The molecule has 0 amide bonds. The summed E-state index contributed by atoms with van der Waals surface area (Å²) in [7, 11) is 0. The number of nitrogens with one attached hydrogen (secondary N) is 1. The van der Waals surface area contributed by atoms with Gasteiger partial charge in [-0.1, -0.05) is 0 Å². The molecule has 1 heterocycles. The fourth-order valence-electron chi connectivity index (χ4n) is 1.28. The maximum atomic E-state index is 10.5. The van der Waals surface area contributed by atoms with Crippen LogP contribution in [0.5, 0.6) is 0 Å². The zero-order valence-electron chi connectivity index (χ0n) is 7.27. The number of pyridine rings is 1. The van der Waals surface area contributed by atoms with Crippen molar-refractivity contribution in [3.05, 3.63) is 22.8 Å². The number of carboxylic acids is 1. The molecule has 2 N–H and O–H groups in total. The highest BCUT2D eigenvalue weighted by Gasteiger charge is 2.43. The lowest BCUT2D eigenvalue weighted by Crippen LogP contribution is -2.10. The topological polar surface area (TPSA) is 62.2 Å². The second-order valence-electron chi connectivity index (χ2n) is 3.29. The van der Waals surface area contributed by atoms with Gasteiger partial charge in [-0.3, -0.25) is 4.79 Å². The third-order valence-electron chi connectivity index (χ3n) is 2.17. The Morgan fingerprint density at radius 3 is 2.93 bits per heavy atom. The van der Waals surface area contributed by atoms with Crippen LogP contribution in [0.15, 0.2) is 22.8 Å². The summed E-state index contributed by atoms with van der Waals surface area (Å²) in [5, 5.41) is 11.7. The van der Waals surface area contributed by atoms with Gasteiger partial charge in [0.1, 0.15) is 5.82 Å². The summed E-state index contributed by atoms with van der Waals surface area (Å²) in [4.78, 5) is 14.6. The summed E-state index contributed by atoms with van der Waals surface area (Å²) >= 11 is 3.28. The van der Waals surface area contributed by atoms with Gasteiger partial charge in [-0.25, -0.2) is 4.98 Å². The predicted molar refractivity (Wildman–Crippen MR) is 55.1 cm³/mol. The minimum atomic E-state index is -0.736. The summed E-state index contributed by atoms with van der Waals surface area (Å²) < 4.78 is 0.911. The summed E-state index contributed by atoms with van der Waals surface area (Å²) in [6.07, 6.45) is 2.37. The van der Waals surface area contributed by atoms with E-state index in [1.165, 1.54) is 0 Å². The molecule has 0 radical (unpaired) electrons. The van der Waals surface area contributed by atoms with Crippen molar-refractivity contribution < 1.29 is 9.90 Å². The number of halogens is 1. The number of anilines is 1. The first-order chi connectivity index (χ1) is 6.66. The second kappa shape index (κ2) is 3.57. The van der Waals surface area contributed by atoms with Gasteiger partial charge in [0, 0.05) is 16.7 Å². The Labute approximate surface area is 89.5 Å². The number of carboxylic acid groups (broad SMARTS) is 1. The van der Waals surface area contributed by atoms with Crippen LogP contribution in [0.2, 0.25) is 0 Å². The third-order valence-corrected chi connectivity index (χ3v) is 2.64. The van der Waals surface area contributed by atoms with Gasteiger partial charge < -0.3 is 10.4 Å². The molecular weight excluding hydrogens is 248 g/mol. The van der Waals surface area contributed by atoms with Crippen LogP contribution >= 0.6 is 15.9 Å². The van der Waals surface area contributed by atoms with Gasteiger partial charge in [-0.15, -0.1) is 0 Å². The van der Waals surface area contributed by atoms with Crippen molar-refractivity contribution in [1.29, 1.82) is 0 Å². The summed E-state index contributed by atoms with van der Waals surface area (Å²) in [6.45, 7) is 0. The number of hydrogen-bond donors (Lipinski definition) is 2. The first-order valence-electron chi connectivity index (χ1n) is 4.28. The largest absolute Gasteiger partial charge is 0.481 e. The molecule has 1 saturated carbocycles. The monoisotopic (exact) mass is 256 g/mol. The van der Waals surface area contributed by atoms with Crippen LogP contribution in [0.4, 0.5) is 5.82 Å². The molecule has 1 aromatic rings. The lowest BCUT2D eigenvalue weighted by atomic mass is 10.4. The maximum Gasteiger partial charge on any atom is 0.308 e. The van der Waals surface area contributed by atoms with Crippen molar-refractivity contribution in [2.24, 2.45) is 5.92 Å². The van der Waals surface area contributed by atoms with E-state index < -0.39 is 5.97 Å². The van der Waals surface area contributed by atoms with E-state index in [4.69, 9.17) is 5.11 Å². The van der Waals surface area contributed by atoms with E-state index in [0.29, 0.717) is 6.42 Å². The molecule has 4 nitrogen and oxygen atoms in total. The molecule has 0 spiro atoms. The molecule has 14 heavy (non-hydrogen) atoms. The molecule has 1 aliphatic carbocycles. The normalized spacial score (nSPS) is 24.4. The molecule has 0 aromatic carbocycles. The molecule has 2 rings (SSSR count). The number of nitrogens with zero attached hydrogens (tertiary/aromatic N) is 1. The molecule has 0 aliphatic heterocycles. The fraction of sp³-hybridized carbons (Fsp3) is 0.333. The third kappa shape index (κ3) is 2.04. The lowest BCUT2D eigenvalue weighted by Gasteiger charge is -2.02. The van der Waals surface area contributed by atoms with E-state index in [1.807, 2.05) is 12.1 Å². The molecule has 0 bridgehead atoms. The first-order valence-corrected chi connectivity index (χ1v) is 5.07. The summed E-state index contributed by atoms with van der Waals surface area (Å²) in [5.41, 5.74) is 0. The average molecular weight is 257 g/mol. The highest BCUT2D eigenvalue weighted by atomic mass is 79.9. The van der Waals surface area contributed by atoms with E-state index >= 15 is 0 Å². The van der Waals surface area contributed by atoms with Crippen LogP contribution in [-0.2, 0) is 4.79 Å². The maximum absolute atomic E-state index is 10.5. The Morgan fingerprint density at radius 1 is 1.64 bits per heavy atom. The van der Waals surface area contributed by atoms with E-state index in [9.17, 15) is 4.79 Å². The fourth-order valence-corrected chi connectivity index (χ4v) is 1.51. The smallest absolute Gasteiger partial charge is 0.308 e. The summed E-state index contributed by atoms with van der Waals surface area (Å²) in [6, 6.07) is 3.73. The number of hydrogen-bond acceptors (Lipinski definition) is 3. The molecule has 0 saturated heterocycles. The zero-order chi connectivity index (χ0) is 10.1. The van der Waals surface area contributed by atoms with Gasteiger partial charge in [-0.2, -0.15) is 0 Å². The Hall–Kier alpha value is -1.10. The highest BCUT2D eigenvalue weighted by Crippen LogP contribution is 2.33. The minimum Gasteiger partial charge on any atom is -0.481 e. The van der Waals surface area contributed by atoms with Crippen LogP contribution in [-0.4, -0.2) is 22.1 Å². The molecule has 2 atom stereocenters. The summed E-state index contributed by atoms with van der Waals surface area (Å²) in [5.74, 6) is -0.262. The Morgan fingerprint density at radius 2 is 2.43 bits per heavy atom. The SMILES string of the molecule is O=C(O)C1CC1Nc1ccc(Br)cn1. The van der Waals surface area contributed by atoms with Crippen molar-refractivity contribution in [3.63, 3.8) is 0 Å². The average Bonchev–Trinajstić information content (AvgIpc) is 2.88. The Bertz CT molecular complexity index is 352. The van der Waals surface area contributed by atoms with Crippen molar-refractivity contribution in [2.75, 3.05) is 5.32 Å². The number of rotatable bonds is 3. The van der Waals surface area contributed by atoms with Crippen LogP contribution in [0, 0.1) is 5.92 Å². The van der Waals surface area contributed by atoms with E-state index in [2.05, 4.69) is 26.2 Å². The van der Waals surface area contributed by atoms with Crippen molar-refractivity contribution in [3.8, 4) is 0 Å². The predicted octanol–water partition coefficient (Wildman–Crippen LogP) is 1.73. The molecule has 74 valence electrons. The lowest BCUT2D eigenvalue weighted by molar-refractivity contribution is -0.138. The van der Waals surface area contributed by atoms with Crippen molar-refractivity contribution >= 4 is 27.7 Å². The highest BCUT2D eigenvalue weighted by molar-refractivity contribution is 9.10. The quantitative estimate of drug-likeness (QED) is 0.865. The molecule has 1 fully saturated rings. The van der Waals surface area contributed by atoms with Gasteiger partial charge >= 0.3 is 5.97 Å². The Balaban J connectivity index is 1.94. The van der Waals surface area contributed by atoms with Gasteiger partial charge in [0.2, 0.25) is 0 Å². The number of aromatic nitrogens is 1. The zero-order valence-corrected chi connectivity index (χ0v) is 8.86. The first kappa shape index (κ1) is 9.45. The number of carbonyl (C=O) groups is 1. The molecule has 1 aliphatic rings. The second-order valence-corrected chi connectivity index (χ2v) is 4.21. The van der Waals surface area contributed by atoms with Crippen LogP contribution in [0.1, 0.15) is 6.42 Å². The van der Waals surface area contributed by atoms with Crippen LogP contribution < -0.4 is 5.32 Å². The van der Waals surface area contributed by atoms with Gasteiger partial charge in [0.05, 0.1) is 5.92 Å². The van der Waals surface area contributed by atoms with Crippen molar-refractivity contribution in [2.45, 2.75) is 12.5 Å². The van der Waals surface area contributed by atoms with Gasteiger partial charge in [-0.05, 0) is 34.5 Å². The van der Waals surface area contributed by atoms with Crippen molar-refractivity contribution in [1.82, 2.24) is 4.98 Å². The van der Waals surface area contributed by atoms with Crippen LogP contribution in [0.3, 0.4) is 0 Å². The Kier molecular flexibility index (Phi) is 2.41. The standard InChI is InChI=1S/C9H9BrN2O2/c10-5-1-2-8(11-4-5)12-7-3-6(7)9(13)14/h1-2,4,6-7H,3H2,(H,11,12)(H,13,14). The molecular formula is C9H9BrN2O2. The van der Waals surface area contributed by atoms with Gasteiger partial charge in [0.25, 0.3) is 0 Å². The van der Waals surface area contributed by atoms with Crippen LogP contribution in [0.25, 0.3) is 0 Å². The van der Waals surface area contributed by atoms with E-state index in [-0.39, 0.29) is 12.0 Å². The minimum absolute atomic E-state index is 0.0428. The van der Waals surface area contributed by atoms with E-state index in [1.54, 1.807) is 6.20 Å². The molecule has 1 aromatic heterocycles. The molecule has 2 unspecified atom stereocenters. The van der Waals surface area contributed by atoms with E-state index in [0.717, 1.165) is 10.3 Å². The molecule has 5 heteroatoms.